The van der Waals surface area contributed by atoms with Crippen LogP contribution >= 0.6 is 0 Å². The average molecular weight is 201 g/mol. The standard InChI is InChI=1S/C11H27N3/c1-11(2,3)13-9-8-12-7-6-10-14(4)5/h12-13H,6-10H2,1-5H3. The van der Waals surface area contributed by atoms with E-state index in [4.69, 9.17) is 0 Å². The SMILES string of the molecule is CN(C)CCCNCCNC(C)(C)C. The van der Waals surface area contributed by atoms with Crippen molar-refractivity contribution in [1.29, 1.82) is 0 Å². The molecule has 86 valence electrons. The predicted molar refractivity (Wildman–Crippen MR) is 63.8 cm³/mol. The molecule has 0 amide bonds. The van der Waals surface area contributed by atoms with Crippen molar-refractivity contribution in [1.82, 2.24) is 15.5 Å². The van der Waals surface area contributed by atoms with E-state index in [1.165, 1.54) is 13.0 Å². The van der Waals surface area contributed by atoms with Gasteiger partial charge in [-0.15, -0.1) is 0 Å². The van der Waals surface area contributed by atoms with Crippen LogP contribution in [0.4, 0.5) is 0 Å². The van der Waals surface area contributed by atoms with E-state index >= 15 is 0 Å². The highest BCUT2D eigenvalue weighted by molar-refractivity contribution is 4.70. The molecule has 0 fully saturated rings. The second-order valence-corrected chi connectivity index (χ2v) is 5.08. The lowest BCUT2D eigenvalue weighted by Crippen LogP contribution is -2.40. The van der Waals surface area contributed by atoms with Crippen molar-refractivity contribution >= 4 is 0 Å². The molecule has 0 saturated heterocycles. The Hall–Kier alpha value is -0.120. The summed E-state index contributed by atoms with van der Waals surface area (Å²) in [5.41, 5.74) is 0.241. The fraction of sp³-hybridized carbons (Fsp3) is 1.00. The first-order chi connectivity index (χ1) is 6.42. The van der Waals surface area contributed by atoms with Gasteiger partial charge in [-0.3, -0.25) is 0 Å². The van der Waals surface area contributed by atoms with Gasteiger partial charge in [0.1, 0.15) is 0 Å². The van der Waals surface area contributed by atoms with Gasteiger partial charge in [-0.2, -0.15) is 0 Å². The van der Waals surface area contributed by atoms with E-state index in [0.29, 0.717) is 0 Å². The molecule has 0 aliphatic heterocycles. The molecule has 2 N–H and O–H groups in total. The van der Waals surface area contributed by atoms with Crippen LogP contribution in [0.25, 0.3) is 0 Å². The number of nitrogens with zero attached hydrogens (tertiary/aromatic N) is 1. The highest BCUT2D eigenvalue weighted by Gasteiger charge is 2.06. The van der Waals surface area contributed by atoms with Gasteiger partial charge in [0.25, 0.3) is 0 Å². The quantitative estimate of drug-likeness (QED) is 0.600. The Morgan fingerprint density at radius 2 is 1.64 bits per heavy atom. The monoisotopic (exact) mass is 201 g/mol. The van der Waals surface area contributed by atoms with E-state index in [9.17, 15) is 0 Å². The zero-order valence-corrected chi connectivity index (χ0v) is 10.5. The van der Waals surface area contributed by atoms with Gasteiger partial charge < -0.3 is 15.5 Å². The summed E-state index contributed by atoms with van der Waals surface area (Å²) in [6.07, 6.45) is 1.22. The highest BCUT2D eigenvalue weighted by Crippen LogP contribution is 1.96. The van der Waals surface area contributed by atoms with Crippen molar-refractivity contribution in [2.75, 3.05) is 40.3 Å². The smallest absolute Gasteiger partial charge is 0.00970 e. The van der Waals surface area contributed by atoms with Crippen molar-refractivity contribution in [3.05, 3.63) is 0 Å². The van der Waals surface area contributed by atoms with E-state index in [1.54, 1.807) is 0 Å². The van der Waals surface area contributed by atoms with Gasteiger partial charge in [-0.25, -0.2) is 0 Å². The molecule has 0 spiro atoms. The maximum atomic E-state index is 3.45. The molecule has 0 aliphatic rings. The van der Waals surface area contributed by atoms with Gasteiger partial charge >= 0.3 is 0 Å². The number of hydrogen-bond donors (Lipinski definition) is 2. The van der Waals surface area contributed by atoms with Gasteiger partial charge in [0.2, 0.25) is 0 Å². The largest absolute Gasteiger partial charge is 0.315 e. The second kappa shape index (κ2) is 7.21. The molecule has 14 heavy (non-hydrogen) atoms. The number of rotatable bonds is 7. The third-order valence-corrected chi connectivity index (χ3v) is 1.92. The maximum absolute atomic E-state index is 3.45. The molecular weight excluding hydrogens is 174 g/mol. The zero-order valence-electron chi connectivity index (χ0n) is 10.5. The highest BCUT2D eigenvalue weighted by atomic mass is 15.1. The summed E-state index contributed by atoms with van der Waals surface area (Å²) < 4.78 is 0. The van der Waals surface area contributed by atoms with Crippen LogP contribution in [-0.4, -0.2) is 50.7 Å². The molecule has 3 nitrogen and oxygen atoms in total. The maximum Gasteiger partial charge on any atom is 0.00970 e. The Kier molecular flexibility index (Phi) is 7.15. The first kappa shape index (κ1) is 13.9. The molecule has 0 bridgehead atoms. The van der Waals surface area contributed by atoms with Crippen molar-refractivity contribution in [3.8, 4) is 0 Å². The second-order valence-electron chi connectivity index (χ2n) is 5.08. The molecule has 0 radical (unpaired) electrons. The van der Waals surface area contributed by atoms with Crippen molar-refractivity contribution < 1.29 is 0 Å². The summed E-state index contributed by atoms with van der Waals surface area (Å²) in [5, 5.41) is 6.87. The van der Waals surface area contributed by atoms with Crippen LogP contribution in [0.1, 0.15) is 27.2 Å². The molecule has 0 aromatic carbocycles. The fourth-order valence-corrected chi connectivity index (χ4v) is 1.17. The Balaban J connectivity index is 3.07. The molecular formula is C11H27N3. The Labute approximate surface area is 89.2 Å². The van der Waals surface area contributed by atoms with Crippen molar-refractivity contribution in [3.63, 3.8) is 0 Å². The van der Waals surface area contributed by atoms with Gasteiger partial charge in [0, 0.05) is 18.6 Å². The van der Waals surface area contributed by atoms with E-state index < -0.39 is 0 Å². The van der Waals surface area contributed by atoms with E-state index in [0.717, 1.165) is 19.6 Å². The van der Waals surface area contributed by atoms with Crippen molar-refractivity contribution in [2.45, 2.75) is 32.7 Å². The molecule has 0 aromatic rings. The van der Waals surface area contributed by atoms with Crippen LogP contribution < -0.4 is 10.6 Å². The summed E-state index contributed by atoms with van der Waals surface area (Å²) in [6, 6.07) is 0. The average Bonchev–Trinajstić information content (AvgIpc) is 2.00. The van der Waals surface area contributed by atoms with Gasteiger partial charge in [0.15, 0.2) is 0 Å². The summed E-state index contributed by atoms with van der Waals surface area (Å²) in [5.74, 6) is 0. The first-order valence-electron chi connectivity index (χ1n) is 5.52. The summed E-state index contributed by atoms with van der Waals surface area (Å²) in [4.78, 5) is 2.22. The third-order valence-electron chi connectivity index (χ3n) is 1.92. The minimum atomic E-state index is 0.241. The summed E-state index contributed by atoms with van der Waals surface area (Å²) >= 11 is 0. The molecule has 0 heterocycles. The lowest BCUT2D eigenvalue weighted by molar-refractivity contribution is 0.388. The van der Waals surface area contributed by atoms with Gasteiger partial charge in [-0.1, -0.05) is 0 Å². The number of hydrogen-bond acceptors (Lipinski definition) is 3. The normalized spacial score (nSPS) is 12.4. The van der Waals surface area contributed by atoms with Gasteiger partial charge in [0.05, 0.1) is 0 Å². The van der Waals surface area contributed by atoms with E-state index in [2.05, 4.69) is 50.4 Å². The van der Waals surface area contributed by atoms with Crippen LogP contribution in [0.15, 0.2) is 0 Å². The van der Waals surface area contributed by atoms with Gasteiger partial charge in [-0.05, 0) is 54.4 Å². The Morgan fingerprint density at radius 3 is 2.14 bits per heavy atom. The summed E-state index contributed by atoms with van der Waals surface area (Å²) in [6.45, 7) is 11.0. The molecule has 0 saturated carbocycles. The first-order valence-corrected chi connectivity index (χ1v) is 5.52. The third kappa shape index (κ3) is 11.9. The lowest BCUT2D eigenvalue weighted by atomic mass is 10.1. The molecule has 0 aromatic heterocycles. The molecule has 3 heteroatoms. The predicted octanol–water partition coefficient (Wildman–Crippen LogP) is 0.916. The zero-order chi connectivity index (χ0) is 11.0. The van der Waals surface area contributed by atoms with Crippen LogP contribution in [0, 0.1) is 0 Å². The Bertz CT molecular complexity index is 127. The Morgan fingerprint density at radius 1 is 1.00 bits per heavy atom. The van der Waals surface area contributed by atoms with Crippen molar-refractivity contribution in [2.24, 2.45) is 0 Å². The van der Waals surface area contributed by atoms with Crippen LogP contribution in [0.5, 0.6) is 0 Å². The number of nitrogens with one attached hydrogen (secondary N) is 2. The molecule has 0 rings (SSSR count). The van der Waals surface area contributed by atoms with Crippen LogP contribution in [-0.2, 0) is 0 Å². The molecule has 0 unspecified atom stereocenters. The minimum Gasteiger partial charge on any atom is -0.315 e. The topological polar surface area (TPSA) is 27.3 Å². The van der Waals surface area contributed by atoms with Crippen LogP contribution in [0.2, 0.25) is 0 Å². The molecule has 0 aliphatic carbocycles. The fourth-order valence-electron chi connectivity index (χ4n) is 1.17. The van der Waals surface area contributed by atoms with Crippen LogP contribution in [0.3, 0.4) is 0 Å². The summed E-state index contributed by atoms with van der Waals surface area (Å²) in [7, 11) is 4.22. The minimum absolute atomic E-state index is 0.241. The van der Waals surface area contributed by atoms with E-state index in [-0.39, 0.29) is 5.54 Å². The van der Waals surface area contributed by atoms with E-state index in [1.807, 2.05) is 0 Å². The molecule has 0 atom stereocenters. The lowest BCUT2D eigenvalue weighted by Gasteiger charge is -2.20.